The zero-order chi connectivity index (χ0) is 20.5. The average molecular weight is 411 g/mol. The van der Waals surface area contributed by atoms with E-state index in [1.54, 1.807) is 12.3 Å². The molecule has 1 atom stereocenters. The van der Waals surface area contributed by atoms with Gasteiger partial charge in [-0.15, -0.1) is 11.3 Å². The van der Waals surface area contributed by atoms with E-state index in [4.69, 9.17) is 0 Å². The van der Waals surface area contributed by atoms with Crippen LogP contribution in [0.3, 0.4) is 0 Å². The van der Waals surface area contributed by atoms with Crippen molar-refractivity contribution >= 4 is 28.8 Å². The van der Waals surface area contributed by atoms with Gasteiger partial charge in [0.15, 0.2) is 0 Å². The van der Waals surface area contributed by atoms with Crippen LogP contribution in [-0.2, 0) is 0 Å². The third-order valence-electron chi connectivity index (χ3n) is 5.80. The minimum absolute atomic E-state index is 0.213. The number of thiazole rings is 1. The zero-order valence-electron chi connectivity index (χ0n) is 17.1. The van der Waals surface area contributed by atoms with E-state index < -0.39 is 0 Å². The molecule has 7 heteroatoms. The lowest BCUT2D eigenvalue weighted by Crippen LogP contribution is -2.47. The number of anilines is 1. The van der Waals surface area contributed by atoms with Crippen molar-refractivity contribution in [3.05, 3.63) is 57.6 Å². The molecule has 0 bridgehead atoms. The Bertz CT molecular complexity index is 946. The topological polar surface area (TPSA) is 56.8 Å². The molecule has 3 heterocycles. The van der Waals surface area contributed by atoms with Gasteiger partial charge in [-0.05, 0) is 32.9 Å². The molecule has 0 N–H and O–H groups in total. The summed E-state index contributed by atoms with van der Waals surface area (Å²) in [6, 6.07) is 5.25. The maximum atomic E-state index is 13.3. The molecule has 2 aromatic rings. The van der Waals surface area contributed by atoms with Gasteiger partial charge < -0.3 is 4.90 Å². The minimum Gasteiger partial charge on any atom is -0.368 e. The van der Waals surface area contributed by atoms with Crippen molar-refractivity contribution in [2.45, 2.75) is 26.8 Å². The lowest BCUT2D eigenvalue weighted by Gasteiger charge is -2.37. The van der Waals surface area contributed by atoms with Crippen molar-refractivity contribution in [3.63, 3.8) is 0 Å². The first-order valence-corrected chi connectivity index (χ1v) is 10.9. The molecule has 2 aliphatic rings. The van der Waals surface area contributed by atoms with Gasteiger partial charge in [-0.25, -0.2) is 4.98 Å². The number of rotatable bonds is 5. The largest absolute Gasteiger partial charge is 0.368 e. The van der Waals surface area contributed by atoms with E-state index >= 15 is 0 Å². The molecule has 0 spiro atoms. The Hall–Kier alpha value is -2.51. The van der Waals surface area contributed by atoms with Crippen LogP contribution in [0, 0.1) is 0 Å². The fourth-order valence-electron chi connectivity index (χ4n) is 4.04. The van der Waals surface area contributed by atoms with Crippen molar-refractivity contribution in [1.82, 2.24) is 14.8 Å². The summed E-state index contributed by atoms with van der Waals surface area (Å²) < 4.78 is 0. The minimum atomic E-state index is -0.365. The van der Waals surface area contributed by atoms with Crippen molar-refractivity contribution in [2.75, 3.05) is 37.6 Å². The molecule has 1 aromatic heterocycles. The molecule has 6 nitrogen and oxygen atoms in total. The number of imide groups is 1. The van der Waals surface area contributed by atoms with Crippen molar-refractivity contribution in [3.8, 4) is 0 Å². The first-order valence-electron chi connectivity index (χ1n) is 10.0. The van der Waals surface area contributed by atoms with Crippen LogP contribution in [0.25, 0.3) is 0 Å². The molecule has 0 radical (unpaired) electrons. The Morgan fingerprint density at radius 3 is 2.62 bits per heavy atom. The number of hydrogen-bond donors (Lipinski definition) is 0. The third-order valence-corrected chi connectivity index (χ3v) is 6.75. The molecule has 4 rings (SSSR count). The summed E-state index contributed by atoms with van der Waals surface area (Å²) in [4.78, 5) is 36.7. The van der Waals surface area contributed by atoms with Crippen molar-refractivity contribution in [2.24, 2.45) is 0 Å². The molecule has 29 heavy (non-hydrogen) atoms. The molecular formula is C22H26N4O2S. The Morgan fingerprint density at radius 1 is 1.21 bits per heavy atom. The van der Waals surface area contributed by atoms with E-state index in [9.17, 15) is 9.59 Å². The predicted molar refractivity (Wildman–Crippen MR) is 116 cm³/mol. The van der Waals surface area contributed by atoms with Gasteiger partial charge in [-0.2, -0.15) is 0 Å². The predicted octanol–water partition coefficient (Wildman–Crippen LogP) is 3.59. The van der Waals surface area contributed by atoms with Crippen LogP contribution in [-0.4, -0.2) is 59.3 Å². The Kier molecular flexibility index (Phi) is 5.52. The van der Waals surface area contributed by atoms with Crippen molar-refractivity contribution in [1.29, 1.82) is 0 Å². The Balaban J connectivity index is 1.57. The van der Waals surface area contributed by atoms with Gasteiger partial charge in [0.2, 0.25) is 0 Å². The lowest BCUT2D eigenvalue weighted by molar-refractivity contribution is 0.0595. The highest BCUT2D eigenvalue weighted by atomic mass is 32.1. The molecule has 1 fully saturated rings. The smallest absolute Gasteiger partial charge is 0.264 e. The second-order valence-corrected chi connectivity index (χ2v) is 8.55. The summed E-state index contributed by atoms with van der Waals surface area (Å²) in [5, 5.41) is 2.64. The van der Waals surface area contributed by atoms with Gasteiger partial charge in [0.25, 0.3) is 11.8 Å². The van der Waals surface area contributed by atoms with Gasteiger partial charge >= 0.3 is 0 Å². The second-order valence-electron chi connectivity index (χ2n) is 7.62. The summed E-state index contributed by atoms with van der Waals surface area (Å²) in [5.74, 6) is -0.438. The van der Waals surface area contributed by atoms with Gasteiger partial charge in [-0.3, -0.25) is 19.4 Å². The molecule has 1 saturated heterocycles. The van der Waals surface area contributed by atoms with E-state index in [1.807, 2.05) is 24.4 Å². The highest BCUT2D eigenvalue weighted by Crippen LogP contribution is 2.37. The highest BCUT2D eigenvalue weighted by Gasteiger charge is 2.42. The van der Waals surface area contributed by atoms with Crippen LogP contribution in [0.5, 0.6) is 0 Å². The molecule has 152 valence electrons. The molecule has 1 aromatic carbocycles. The number of nitrogens with zero attached hydrogens (tertiary/aromatic N) is 4. The normalized spacial score (nSPS) is 19.1. The van der Waals surface area contributed by atoms with Crippen LogP contribution in [0.15, 0.2) is 41.4 Å². The average Bonchev–Trinajstić information content (AvgIpc) is 3.36. The first-order chi connectivity index (χ1) is 14.0. The number of carbonyl (C=O) groups excluding carboxylic acids is 2. The van der Waals surface area contributed by atoms with E-state index in [-0.39, 0.29) is 17.9 Å². The molecule has 0 aliphatic carbocycles. The molecule has 2 aliphatic heterocycles. The third kappa shape index (κ3) is 3.60. The quantitative estimate of drug-likeness (QED) is 0.557. The standard InChI is InChI=1S/C22H26N4O2S/c1-4-15(2)14-24-9-11-25(12-10-24)18-7-5-6-17-19(18)22(28)26(21(17)27)16(3)20-23-8-13-29-20/h4-8,13,16H,9-12,14H2,1-3H3. The van der Waals surface area contributed by atoms with Crippen LogP contribution in [0.2, 0.25) is 0 Å². The maximum absolute atomic E-state index is 13.3. The zero-order valence-corrected chi connectivity index (χ0v) is 17.9. The monoisotopic (exact) mass is 410 g/mol. The van der Waals surface area contributed by atoms with Gasteiger partial charge in [0.1, 0.15) is 5.01 Å². The summed E-state index contributed by atoms with van der Waals surface area (Å²) in [6.07, 6.45) is 3.86. The van der Waals surface area contributed by atoms with Crippen LogP contribution >= 0.6 is 11.3 Å². The van der Waals surface area contributed by atoms with Gasteiger partial charge in [0.05, 0.1) is 22.9 Å². The summed E-state index contributed by atoms with van der Waals surface area (Å²) in [6.45, 7) is 10.6. The highest BCUT2D eigenvalue weighted by molar-refractivity contribution is 7.09. The molecule has 0 saturated carbocycles. The summed E-state index contributed by atoms with van der Waals surface area (Å²) in [7, 11) is 0. The number of carbonyl (C=O) groups is 2. The fraction of sp³-hybridized carbons (Fsp3) is 0.409. The molecular weight excluding hydrogens is 384 g/mol. The van der Waals surface area contributed by atoms with Crippen LogP contribution in [0.4, 0.5) is 5.69 Å². The number of fused-ring (bicyclic) bond motifs is 1. The maximum Gasteiger partial charge on any atom is 0.264 e. The number of hydrogen-bond acceptors (Lipinski definition) is 6. The van der Waals surface area contributed by atoms with Crippen molar-refractivity contribution < 1.29 is 9.59 Å². The fourth-order valence-corrected chi connectivity index (χ4v) is 4.73. The molecule has 2 amide bonds. The SMILES string of the molecule is CC=C(C)CN1CCN(c2cccc3c2C(=O)N(C(C)c2nccs2)C3=O)CC1. The second kappa shape index (κ2) is 8.08. The number of piperazine rings is 1. The summed E-state index contributed by atoms with van der Waals surface area (Å²) >= 11 is 1.46. The number of allylic oxidation sites excluding steroid dienone is 1. The first kappa shape index (κ1) is 19.8. The number of amides is 2. The Labute approximate surface area is 175 Å². The Morgan fingerprint density at radius 2 is 1.97 bits per heavy atom. The lowest BCUT2D eigenvalue weighted by atomic mass is 10.1. The number of benzene rings is 1. The molecule has 1 unspecified atom stereocenters. The van der Waals surface area contributed by atoms with Gasteiger partial charge in [0, 0.05) is 44.3 Å². The van der Waals surface area contributed by atoms with Gasteiger partial charge in [-0.1, -0.05) is 17.7 Å². The number of aromatic nitrogens is 1. The summed E-state index contributed by atoms with van der Waals surface area (Å²) in [5.41, 5.74) is 3.28. The van der Waals surface area contributed by atoms with E-state index in [0.717, 1.165) is 43.4 Å². The van der Waals surface area contributed by atoms with E-state index in [0.29, 0.717) is 11.1 Å². The van der Waals surface area contributed by atoms with Crippen LogP contribution in [0.1, 0.15) is 52.5 Å². The van der Waals surface area contributed by atoms with Crippen LogP contribution < -0.4 is 4.90 Å². The van der Waals surface area contributed by atoms with E-state index in [2.05, 4.69) is 34.7 Å². The van der Waals surface area contributed by atoms with E-state index in [1.165, 1.54) is 21.8 Å².